The summed E-state index contributed by atoms with van der Waals surface area (Å²) in [6.07, 6.45) is 1.31. The van der Waals surface area contributed by atoms with Crippen molar-refractivity contribution in [1.29, 1.82) is 5.26 Å². The Kier molecular flexibility index (Phi) is 7.85. The molecule has 178 valence electrons. The number of para-hydroxylation sites is 2. The lowest BCUT2D eigenvalue weighted by Gasteiger charge is -2.10. The van der Waals surface area contributed by atoms with E-state index in [1.54, 1.807) is 24.3 Å². The number of anilines is 1. The molecule has 3 aromatic rings. The maximum Gasteiger partial charge on any atom is 0.339 e. The van der Waals surface area contributed by atoms with Gasteiger partial charge in [-0.2, -0.15) is 13.7 Å². The number of nitrogens with zero attached hydrogens (tertiary/aromatic N) is 2. The zero-order valence-electron chi connectivity index (χ0n) is 18.0. The number of nitro groups is 1. The van der Waals surface area contributed by atoms with E-state index in [9.17, 15) is 28.6 Å². The highest BCUT2D eigenvalue weighted by molar-refractivity contribution is 9.10. The molecule has 0 atom stereocenters. The number of non-ortho nitro benzene ring substituents is 1. The fraction of sp³-hybridized carbons (Fsp3) is 0.0435. The summed E-state index contributed by atoms with van der Waals surface area (Å²) in [4.78, 5) is 22.4. The van der Waals surface area contributed by atoms with E-state index in [1.165, 1.54) is 43.5 Å². The van der Waals surface area contributed by atoms with Gasteiger partial charge in [0.05, 0.1) is 22.2 Å². The van der Waals surface area contributed by atoms with Crippen molar-refractivity contribution in [2.24, 2.45) is 0 Å². The quantitative estimate of drug-likeness (QED) is 0.138. The summed E-state index contributed by atoms with van der Waals surface area (Å²) in [5.74, 6) is -0.334. The van der Waals surface area contributed by atoms with Crippen molar-refractivity contribution in [2.75, 3.05) is 12.4 Å². The number of ether oxygens (including phenoxy) is 1. The van der Waals surface area contributed by atoms with Crippen LogP contribution in [-0.4, -0.2) is 26.4 Å². The fourth-order valence-corrected chi connectivity index (χ4v) is 4.42. The standard InChI is InChI=1S/C23H16BrN3O7S/c1-33-22-8-3-2-7-20(22)26-23(28)16(14-25)11-15-9-10-21(19(24)12-15)34-35(31,32)18-6-4-5-17(13-18)27(29)30/h2-13H,1H3,(H,26,28)/b16-11+. The van der Waals surface area contributed by atoms with Crippen LogP contribution in [0.4, 0.5) is 11.4 Å². The topological polar surface area (TPSA) is 149 Å². The number of nitriles is 1. The third kappa shape index (κ3) is 6.23. The Balaban J connectivity index is 1.82. The second kappa shape index (κ2) is 10.8. The summed E-state index contributed by atoms with van der Waals surface area (Å²) in [6, 6.07) is 17.2. The SMILES string of the molecule is COc1ccccc1NC(=O)/C(C#N)=C/c1ccc(OS(=O)(=O)c2cccc([N+](=O)[O-])c2)c(Br)c1. The molecule has 3 aromatic carbocycles. The van der Waals surface area contributed by atoms with E-state index in [1.807, 2.05) is 6.07 Å². The number of methoxy groups -OCH3 is 1. The highest BCUT2D eigenvalue weighted by Crippen LogP contribution is 2.30. The Morgan fingerprint density at radius 1 is 1.11 bits per heavy atom. The van der Waals surface area contributed by atoms with Gasteiger partial charge in [0.15, 0.2) is 5.75 Å². The van der Waals surface area contributed by atoms with Crippen LogP contribution in [0, 0.1) is 21.4 Å². The van der Waals surface area contributed by atoms with Crippen LogP contribution in [0.3, 0.4) is 0 Å². The van der Waals surface area contributed by atoms with E-state index in [-0.39, 0.29) is 20.7 Å². The Morgan fingerprint density at radius 3 is 2.51 bits per heavy atom. The van der Waals surface area contributed by atoms with Gasteiger partial charge in [-0.05, 0) is 57.9 Å². The van der Waals surface area contributed by atoms with Crippen molar-refractivity contribution < 1.29 is 27.1 Å². The van der Waals surface area contributed by atoms with Crippen molar-refractivity contribution in [1.82, 2.24) is 0 Å². The Morgan fingerprint density at radius 2 is 1.86 bits per heavy atom. The first-order chi connectivity index (χ1) is 16.6. The zero-order valence-corrected chi connectivity index (χ0v) is 20.4. The summed E-state index contributed by atoms with van der Waals surface area (Å²) in [7, 11) is -2.91. The van der Waals surface area contributed by atoms with Gasteiger partial charge < -0.3 is 14.2 Å². The average molecular weight is 558 g/mol. The number of nitrogens with one attached hydrogen (secondary N) is 1. The summed E-state index contributed by atoms with van der Waals surface area (Å²) >= 11 is 3.20. The van der Waals surface area contributed by atoms with Crippen molar-refractivity contribution in [3.8, 4) is 17.6 Å². The molecule has 1 amide bonds. The van der Waals surface area contributed by atoms with Gasteiger partial charge in [-0.3, -0.25) is 14.9 Å². The number of nitro benzene ring substituents is 1. The first-order valence-corrected chi connectivity index (χ1v) is 11.9. The molecule has 0 aliphatic rings. The van der Waals surface area contributed by atoms with Crippen LogP contribution in [0.25, 0.3) is 6.08 Å². The van der Waals surface area contributed by atoms with E-state index >= 15 is 0 Å². The van der Waals surface area contributed by atoms with Gasteiger partial charge in [-0.1, -0.05) is 24.3 Å². The maximum absolute atomic E-state index is 12.6. The first-order valence-electron chi connectivity index (χ1n) is 9.69. The van der Waals surface area contributed by atoms with Gasteiger partial charge in [-0.15, -0.1) is 0 Å². The van der Waals surface area contributed by atoms with Crippen LogP contribution in [0.2, 0.25) is 0 Å². The lowest BCUT2D eigenvalue weighted by molar-refractivity contribution is -0.385. The van der Waals surface area contributed by atoms with Crippen LogP contribution >= 0.6 is 15.9 Å². The summed E-state index contributed by atoms with van der Waals surface area (Å²) in [5.41, 5.74) is 0.187. The van der Waals surface area contributed by atoms with Gasteiger partial charge >= 0.3 is 10.1 Å². The molecule has 3 rings (SSSR count). The lowest BCUT2D eigenvalue weighted by Crippen LogP contribution is -2.14. The van der Waals surface area contributed by atoms with Crippen molar-refractivity contribution in [3.05, 3.63) is 92.5 Å². The minimum atomic E-state index is -4.37. The van der Waals surface area contributed by atoms with Gasteiger partial charge in [0.25, 0.3) is 11.6 Å². The molecule has 0 fully saturated rings. The Labute approximate surface area is 208 Å². The predicted molar refractivity (Wildman–Crippen MR) is 130 cm³/mol. The lowest BCUT2D eigenvalue weighted by atomic mass is 10.1. The van der Waals surface area contributed by atoms with Crippen LogP contribution in [-0.2, 0) is 14.9 Å². The third-order valence-corrected chi connectivity index (χ3v) is 6.35. The van der Waals surface area contributed by atoms with Crippen molar-refractivity contribution >= 4 is 49.4 Å². The van der Waals surface area contributed by atoms with E-state index < -0.39 is 26.6 Å². The zero-order chi connectivity index (χ0) is 25.6. The number of benzene rings is 3. The number of hydrogen-bond donors (Lipinski definition) is 1. The Hall–Kier alpha value is -4.21. The van der Waals surface area contributed by atoms with Gasteiger partial charge in [-0.25, -0.2) is 0 Å². The summed E-state index contributed by atoms with van der Waals surface area (Å²) < 4.78 is 35.6. The predicted octanol–water partition coefficient (Wildman–Crippen LogP) is 4.68. The minimum Gasteiger partial charge on any atom is -0.495 e. The van der Waals surface area contributed by atoms with Gasteiger partial charge in [0, 0.05) is 12.1 Å². The molecule has 0 spiro atoms. The molecule has 10 nitrogen and oxygen atoms in total. The van der Waals surface area contributed by atoms with Crippen LogP contribution in [0.5, 0.6) is 11.5 Å². The molecule has 0 aliphatic heterocycles. The number of carbonyl (C=O) groups excluding carboxylic acids is 1. The Bertz CT molecular complexity index is 1480. The number of rotatable bonds is 8. The van der Waals surface area contributed by atoms with Crippen LogP contribution in [0.15, 0.2) is 81.7 Å². The van der Waals surface area contributed by atoms with E-state index in [4.69, 9.17) is 8.92 Å². The number of amides is 1. The molecule has 0 aliphatic carbocycles. The molecule has 0 bridgehead atoms. The van der Waals surface area contributed by atoms with Crippen molar-refractivity contribution in [2.45, 2.75) is 4.90 Å². The minimum absolute atomic E-state index is 0.0920. The smallest absolute Gasteiger partial charge is 0.339 e. The fourth-order valence-electron chi connectivity index (χ4n) is 2.85. The van der Waals surface area contributed by atoms with Crippen molar-refractivity contribution in [3.63, 3.8) is 0 Å². The molecule has 0 unspecified atom stereocenters. The summed E-state index contributed by atoms with van der Waals surface area (Å²) in [5, 5.41) is 23.0. The monoisotopic (exact) mass is 557 g/mol. The number of carbonyl (C=O) groups is 1. The first kappa shape index (κ1) is 25.4. The normalized spacial score (nSPS) is 11.3. The maximum atomic E-state index is 12.6. The van der Waals surface area contributed by atoms with Gasteiger partial charge in [0.1, 0.15) is 22.3 Å². The molecule has 0 radical (unpaired) electrons. The second-order valence-electron chi connectivity index (χ2n) is 6.81. The molecule has 35 heavy (non-hydrogen) atoms. The average Bonchev–Trinajstić information content (AvgIpc) is 2.84. The van der Waals surface area contributed by atoms with Crippen LogP contribution in [0.1, 0.15) is 5.56 Å². The molecule has 12 heteroatoms. The molecular formula is C23H16BrN3O7S. The molecule has 0 saturated carbocycles. The van der Waals surface area contributed by atoms with E-state index in [2.05, 4.69) is 21.2 Å². The molecule has 0 saturated heterocycles. The molecule has 0 heterocycles. The highest BCUT2D eigenvalue weighted by atomic mass is 79.9. The van der Waals surface area contributed by atoms with E-state index in [0.717, 1.165) is 12.1 Å². The molecule has 1 N–H and O–H groups in total. The summed E-state index contributed by atoms with van der Waals surface area (Å²) in [6.45, 7) is 0. The van der Waals surface area contributed by atoms with Gasteiger partial charge in [0.2, 0.25) is 0 Å². The second-order valence-corrected chi connectivity index (χ2v) is 9.21. The van der Waals surface area contributed by atoms with Crippen LogP contribution < -0.4 is 14.2 Å². The highest BCUT2D eigenvalue weighted by Gasteiger charge is 2.21. The molecular weight excluding hydrogens is 542 g/mol. The largest absolute Gasteiger partial charge is 0.495 e. The number of hydrogen-bond acceptors (Lipinski definition) is 8. The third-order valence-electron chi connectivity index (χ3n) is 4.50. The molecule has 0 aromatic heterocycles. The number of halogens is 1. The van der Waals surface area contributed by atoms with E-state index in [0.29, 0.717) is 17.0 Å².